The number of carbonyl (C=O) groups is 1. The van der Waals surface area contributed by atoms with E-state index in [4.69, 9.17) is 0 Å². The van der Waals surface area contributed by atoms with Gasteiger partial charge in [-0.25, -0.2) is 0 Å². The fraction of sp³-hybridized carbons (Fsp3) is 0.133. The number of benzene rings is 1. The van der Waals surface area contributed by atoms with E-state index in [9.17, 15) is 4.79 Å². The first-order valence-corrected chi connectivity index (χ1v) is 5.88. The van der Waals surface area contributed by atoms with Gasteiger partial charge in [-0.2, -0.15) is 0 Å². The third-order valence-corrected chi connectivity index (χ3v) is 2.97. The highest BCUT2D eigenvalue weighted by Gasteiger charge is 2.22. The van der Waals surface area contributed by atoms with Crippen molar-refractivity contribution in [3.05, 3.63) is 59.9 Å². The van der Waals surface area contributed by atoms with Gasteiger partial charge < -0.3 is 4.57 Å². The Balaban J connectivity index is 1.84. The van der Waals surface area contributed by atoms with Crippen LogP contribution in [0.1, 0.15) is 16.1 Å². The molecule has 1 aliphatic heterocycles. The van der Waals surface area contributed by atoms with Gasteiger partial charge in [-0.3, -0.25) is 9.69 Å². The lowest BCUT2D eigenvalue weighted by Gasteiger charge is -2.22. The molecule has 0 unspecified atom stereocenters. The molecule has 18 heavy (non-hydrogen) atoms. The predicted molar refractivity (Wildman–Crippen MR) is 68.8 cm³/mol. The quantitative estimate of drug-likeness (QED) is 0.642. The molecular weight excluding hydrogens is 224 g/mol. The highest BCUT2D eigenvalue weighted by Crippen LogP contribution is 2.12. The molecule has 1 aliphatic rings. The molecule has 0 N–H and O–H groups in total. The Morgan fingerprint density at radius 1 is 1.00 bits per heavy atom. The number of carbonyl (C=O) groups excluding carboxylic acids is 1. The molecule has 3 rings (SSSR count). The maximum atomic E-state index is 12.1. The van der Waals surface area contributed by atoms with Gasteiger partial charge in [0, 0.05) is 24.3 Å². The van der Waals surface area contributed by atoms with Crippen molar-refractivity contribution < 1.29 is 4.79 Å². The van der Waals surface area contributed by atoms with Crippen molar-refractivity contribution >= 4 is 5.91 Å². The molecule has 3 heteroatoms. The van der Waals surface area contributed by atoms with Crippen LogP contribution < -0.4 is 0 Å². The molecule has 1 aromatic heterocycles. The zero-order valence-corrected chi connectivity index (χ0v) is 9.84. The monoisotopic (exact) mass is 236 g/mol. The Kier molecular flexibility index (Phi) is 2.62. The molecule has 0 aliphatic carbocycles. The average Bonchev–Trinajstić information content (AvgIpc) is 2.88. The summed E-state index contributed by atoms with van der Waals surface area (Å²) < 4.78 is 1.96. The van der Waals surface area contributed by atoms with Crippen molar-refractivity contribution in [1.29, 1.82) is 0 Å². The number of fused-ring (bicyclic) bond motifs is 1. The zero-order chi connectivity index (χ0) is 12.4. The van der Waals surface area contributed by atoms with Crippen LogP contribution in [-0.2, 0) is 6.54 Å². The van der Waals surface area contributed by atoms with Crippen LogP contribution in [0.5, 0.6) is 0 Å². The second kappa shape index (κ2) is 4.42. The van der Waals surface area contributed by atoms with Gasteiger partial charge in [0.25, 0.3) is 5.91 Å². The van der Waals surface area contributed by atoms with Gasteiger partial charge in [0.1, 0.15) is 5.69 Å². The SMILES string of the molecule is O=C1c2cccn2CCN1C#Cc1ccccc1. The van der Waals surface area contributed by atoms with Gasteiger partial charge in [0.05, 0.1) is 6.54 Å². The summed E-state index contributed by atoms with van der Waals surface area (Å²) in [5.74, 6) is 2.99. The Morgan fingerprint density at radius 3 is 2.67 bits per heavy atom. The van der Waals surface area contributed by atoms with Crippen molar-refractivity contribution in [3.8, 4) is 12.0 Å². The summed E-state index contributed by atoms with van der Waals surface area (Å²) >= 11 is 0. The predicted octanol–water partition coefficient (Wildman–Crippen LogP) is 1.95. The fourth-order valence-electron chi connectivity index (χ4n) is 2.01. The van der Waals surface area contributed by atoms with Crippen molar-refractivity contribution in [1.82, 2.24) is 9.47 Å². The maximum absolute atomic E-state index is 12.1. The minimum absolute atomic E-state index is 0.0188. The molecule has 88 valence electrons. The summed E-state index contributed by atoms with van der Waals surface area (Å²) in [7, 11) is 0. The van der Waals surface area contributed by atoms with E-state index in [1.807, 2.05) is 53.2 Å². The van der Waals surface area contributed by atoms with Gasteiger partial charge in [-0.05, 0) is 30.2 Å². The Labute approximate surface area is 106 Å². The van der Waals surface area contributed by atoms with Crippen LogP contribution in [0.25, 0.3) is 0 Å². The summed E-state index contributed by atoms with van der Waals surface area (Å²) in [6, 6.07) is 16.4. The molecule has 0 bridgehead atoms. The van der Waals surface area contributed by atoms with Crippen molar-refractivity contribution in [2.45, 2.75) is 6.54 Å². The smallest absolute Gasteiger partial charge is 0.282 e. The minimum atomic E-state index is -0.0188. The van der Waals surface area contributed by atoms with Crippen molar-refractivity contribution in [2.24, 2.45) is 0 Å². The number of hydrogen-bond acceptors (Lipinski definition) is 1. The van der Waals surface area contributed by atoms with Crippen LogP contribution in [0.2, 0.25) is 0 Å². The highest BCUT2D eigenvalue weighted by atomic mass is 16.2. The standard InChI is InChI=1S/C15H12N2O/c18-15-14-7-4-9-16(14)11-12-17(15)10-8-13-5-2-1-3-6-13/h1-7,9H,11-12H2. The summed E-state index contributed by atoms with van der Waals surface area (Å²) in [4.78, 5) is 13.7. The first kappa shape index (κ1) is 10.7. The fourth-order valence-corrected chi connectivity index (χ4v) is 2.01. The summed E-state index contributed by atoms with van der Waals surface area (Å²) in [6.07, 6.45) is 1.93. The van der Waals surface area contributed by atoms with Crippen molar-refractivity contribution in [3.63, 3.8) is 0 Å². The molecule has 2 heterocycles. The second-order valence-electron chi connectivity index (χ2n) is 4.15. The lowest BCUT2D eigenvalue weighted by molar-refractivity contribution is 0.0794. The molecule has 3 nitrogen and oxygen atoms in total. The normalized spacial score (nSPS) is 13.8. The second-order valence-corrected chi connectivity index (χ2v) is 4.15. The van der Waals surface area contributed by atoms with E-state index >= 15 is 0 Å². The first-order valence-electron chi connectivity index (χ1n) is 5.88. The summed E-state index contributed by atoms with van der Waals surface area (Å²) in [6.45, 7) is 1.44. The number of nitrogens with zero attached hydrogens (tertiary/aromatic N) is 2. The molecule has 0 atom stereocenters. The lowest BCUT2D eigenvalue weighted by Crippen LogP contribution is -2.36. The maximum Gasteiger partial charge on any atom is 0.282 e. The van der Waals surface area contributed by atoms with Crippen LogP contribution >= 0.6 is 0 Å². The molecule has 0 saturated heterocycles. The van der Waals surface area contributed by atoms with E-state index in [1.165, 1.54) is 0 Å². The largest absolute Gasteiger partial charge is 0.342 e. The van der Waals surface area contributed by atoms with E-state index in [-0.39, 0.29) is 5.91 Å². The van der Waals surface area contributed by atoms with Crippen LogP contribution in [-0.4, -0.2) is 21.9 Å². The lowest BCUT2D eigenvalue weighted by atomic mass is 10.2. The molecular formula is C15H12N2O. The summed E-state index contributed by atoms with van der Waals surface area (Å²) in [5, 5.41) is 0. The molecule has 0 spiro atoms. The molecule has 2 aromatic rings. The van der Waals surface area contributed by atoms with E-state index in [2.05, 4.69) is 12.0 Å². The third-order valence-electron chi connectivity index (χ3n) is 2.97. The molecule has 1 aromatic carbocycles. The van der Waals surface area contributed by atoms with Gasteiger partial charge in [-0.15, -0.1) is 0 Å². The van der Waals surface area contributed by atoms with Gasteiger partial charge >= 0.3 is 0 Å². The number of hydrogen-bond donors (Lipinski definition) is 0. The zero-order valence-electron chi connectivity index (χ0n) is 9.84. The third kappa shape index (κ3) is 1.89. The van der Waals surface area contributed by atoms with Gasteiger partial charge in [0.15, 0.2) is 0 Å². The van der Waals surface area contributed by atoms with E-state index in [1.54, 1.807) is 4.90 Å². The highest BCUT2D eigenvalue weighted by molar-refractivity contribution is 5.94. The Bertz CT molecular complexity index is 631. The molecule has 0 fully saturated rings. The minimum Gasteiger partial charge on any atom is -0.342 e. The van der Waals surface area contributed by atoms with E-state index in [0.29, 0.717) is 12.2 Å². The number of amides is 1. The van der Waals surface area contributed by atoms with Gasteiger partial charge in [0.2, 0.25) is 0 Å². The number of rotatable bonds is 0. The molecule has 0 saturated carbocycles. The van der Waals surface area contributed by atoms with Crippen LogP contribution in [0, 0.1) is 12.0 Å². The van der Waals surface area contributed by atoms with E-state index in [0.717, 1.165) is 12.1 Å². The molecule has 1 amide bonds. The van der Waals surface area contributed by atoms with Crippen LogP contribution in [0.4, 0.5) is 0 Å². The van der Waals surface area contributed by atoms with E-state index < -0.39 is 0 Å². The average molecular weight is 236 g/mol. The van der Waals surface area contributed by atoms with Crippen molar-refractivity contribution in [2.75, 3.05) is 6.54 Å². The van der Waals surface area contributed by atoms with Crippen LogP contribution in [0.15, 0.2) is 48.7 Å². The first-order chi connectivity index (χ1) is 8.84. The topological polar surface area (TPSA) is 25.2 Å². The summed E-state index contributed by atoms with van der Waals surface area (Å²) in [5.41, 5.74) is 1.63. The Morgan fingerprint density at radius 2 is 1.83 bits per heavy atom. The van der Waals surface area contributed by atoms with Gasteiger partial charge in [-0.1, -0.05) is 18.2 Å². The Hall–Kier alpha value is -2.47. The number of aromatic nitrogens is 1. The molecule has 0 radical (unpaired) electrons. The van der Waals surface area contributed by atoms with Crippen LogP contribution in [0.3, 0.4) is 0 Å².